The van der Waals surface area contributed by atoms with Gasteiger partial charge in [0.25, 0.3) is 0 Å². The highest BCUT2D eigenvalue weighted by atomic mass is 14.2. The molecular formula is C59H62. The fraction of sp³-hybridized carbons (Fsp3) is 0.220. The first-order chi connectivity index (χ1) is 28.8. The van der Waals surface area contributed by atoms with Crippen molar-refractivity contribution in [2.45, 2.75) is 86.5 Å². The zero-order chi connectivity index (χ0) is 41.6. The van der Waals surface area contributed by atoms with E-state index in [1.807, 2.05) is 0 Å². The van der Waals surface area contributed by atoms with Crippen LogP contribution in [0.3, 0.4) is 0 Å². The van der Waals surface area contributed by atoms with Crippen LogP contribution >= 0.6 is 0 Å². The molecule has 0 heterocycles. The van der Waals surface area contributed by atoms with Crippen molar-refractivity contribution in [3.8, 4) is 44.5 Å². The van der Waals surface area contributed by atoms with E-state index in [1.54, 1.807) is 5.57 Å². The number of aryl methyl sites for hydroxylation is 4. The lowest BCUT2D eigenvalue weighted by Crippen LogP contribution is -1.96. The Balaban J connectivity index is 0.000000156. The van der Waals surface area contributed by atoms with Crippen molar-refractivity contribution in [1.82, 2.24) is 0 Å². The molecule has 0 fully saturated rings. The molecule has 0 saturated carbocycles. The van der Waals surface area contributed by atoms with E-state index >= 15 is 0 Å². The Morgan fingerprint density at radius 1 is 0.458 bits per heavy atom. The Bertz CT molecular complexity index is 2390. The van der Waals surface area contributed by atoms with Crippen molar-refractivity contribution in [2.75, 3.05) is 0 Å². The molecule has 0 nitrogen and oxygen atoms in total. The minimum atomic E-state index is 0.616. The summed E-state index contributed by atoms with van der Waals surface area (Å²) in [4.78, 5) is 0. The molecule has 8 rings (SSSR count). The lowest BCUT2D eigenvalue weighted by Gasteiger charge is -2.17. The van der Waals surface area contributed by atoms with Crippen LogP contribution in [0.5, 0.6) is 0 Å². The van der Waals surface area contributed by atoms with Crippen molar-refractivity contribution in [2.24, 2.45) is 0 Å². The molecule has 1 aliphatic carbocycles. The van der Waals surface area contributed by atoms with Crippen LogP contribution in [0, 0.1) is 27.7 Å². The zero-order valence-corrected chi connectivity index (χ0v) is 36.4. The second-order valence-electron chi connectivity index (χ2n) is 16.1. The van der Waals surface area contributed by atoms with Crippen LogP contribution in [0.1, 0.15) is 92.2 Å². The Labute approximate surface area is 356 Å². The van der Waals surface area contributed by atoms with Crippen LogP contribution in [0.4, 0.5) is 0 Å². The summed E-state index contributed by atoms with van der Waals surface area (Å²) in [6.07, 6.45) is 10.8. The maximum atomic E-state index is 2.32. The number of hydrogen-bond acceptors (Lipinski definition) is 0. The first-order valence-electron chi connectivity index (χ1n) is 21.7. The molecule has 1 aliphatic rings. The van der Waals surface area contributed by atoms with Gasteiger partial charge in [0, 0.05) is 0 Å². The summed E-state index contributed by atoms with van der Waals surface area (Å²) >= 11 is 0. The fourth-order valence-corrected chi connectivity index (χ4v) is 8.19. The van der Waals surface area contributed by atoms with Gasteiger partial charge in [0.1, 0.15) is 0 Å². The standard InChI is InChI=1S/C26H22.C17H20.C16H20/c1-19-13-15-23(25(17-19)21-9-5-3-6-10-21)24-16-14-20(2)18-26(24)22-11-7-4-8-12-22;1-4-13(2)15-10-7-8-12-17(15)16-11-6-5-9-14(16)3;1-3-8-14-10-5-7-12-16(14)15-11-6-4-9-13(15)2/h3-18H,1-2H3;5-13H,4H2,1-3H3;4,6-7,9,11-12H,3,5,8,10H2,1-2H3. The average molecular weight is 771 g/mol. The van der Waals surface area contributed by atoms with Crippen molar-refractivity contribution >= 4 is 5.57 Å². The summed E-state index contributed by atoms with van der Waals surface area (Å²) in [7, 11) is 0. The maximum Gasteiger partial charge on any atom is -0.00990 e. The van der Waals surface area contributed by atoms with Crippen LogP contribution in [0.2, 0.25) is 0 Å². The normalized spacial score (nSPS) is 12.5. The van der Waals surface area contributed by atoms with Crippen molar-refractivity contribution in [3.63, 3.8) is 0 Å². The van der Waals surface area contributed by atoms with Gasteiger partial charge in [-0.2, -0.15) is 0 Å². The minimum Gasteiger partial charge on any atom is -0.0836 e. The summed E-state index contributed by atoms with van der Waals surface area (Å²) in [6, 6.07) is 60.9. The first kappa shape index (κ1) is 42.6. The predicted molar refractivity (Wildman–Crippen MR) is 259 cm³/mol. The molecule has 1 atom stereocenters. The minimum absolute atomic E-state index is 0.616. The van der Waals surface area contributed by atoms with Gasteiger partial charge in [0.15, 0.2) is 0 Å². The second-order valence-corrected chi connectivity index (χ2v) is 16.1. The molecule has 1 unspecified atom stereocenters. The smallest absolute Gasteiger partial charge is 0.00990 e. The van der Waals surface area contributed by atoms with Crippen molar-refractivity contribution in [3.05, 3.63) is 221 Å². The number of rotatable bonds is 9. The summed E-state index contributed by atoms with van der Waals surface area (Å²) in [6.45, 7) is 15.5. The van der Waals surface area contributed by atoms with Crippen molar-refractivity contribution in [1.29, 1.82) is 0 Å². The highest BCUT2D eigenvalue weighted by molar-refractivity contribution is 5.92. The molecule has 0 heteroatoms. The highest BCUT2D eigenvalue weighted by Crippen LogP contribution is 2.39. The third kappa shape index (κ3) is 11.0. The topological polar surface area (TPSA) is 0 Å². The molecule has 0 aromatic heterocycles. The summed E-state index contributed by atoms with van der Waals surface area (Å²) in [5, 5.41) is 0. The van der Waals surface area contributed by atoms with Gasteiger partial charge in [0.2, 0.25) is 0 Å². The summed E-state index contributed by atoms with van der Waals surface area (Å²) < 4.78 is 0. The summed E-state index contributed by atoms with van der Waals surface area (Å²) in [5.74, 6) is 0.616. The number of benzene rings is 7. The van der Waals surface area contributed by atoms with Crippen molar-refractivity contribution < 1.29 is 0 Å². The van der Waals surface area contributed by atoms with Gasteiger partial charge < -0.3 is 0 Å². The van der Waals surface area contributed by atoms with Gasteiger partial charge in [-0.05, 0) is 132 Å². The average Bonchev–Trinajstić information content (AvgIpc) is 3.28. The Morgan fingerprint density at radius 3 is 1.44 bits per heavy atom. The molecule has 0 N–H and O–H groups in total. The summed E-state index contributed by atoms with van der Waals surface area (Å²) in [5.41, 5.74) is 21.7. The first-order valence-corrected chi connectivity index (χ1v) is 21.7. The molecule has 0 amide bonds. The molecule has 0 radical (unpaired) electrons. The SMILES string of the molecule is CCC(C)c1ccccc1-c1ccccc1C.CCCC1=C(c2ccccc2C)C=CCC1.Cc1ccc(-c2ccc(C)cc2-c2ccccc2)c(-c2ccccc2)c1. The van der Waals surface area contributed by atoms with E-state index in [-0.39, 0.29) is 0 Å². The molecule has 0 bridgehead atoms. The van der Waals surface area contributed by atoms with E-state index in [9.17, 15) is 0 Å². The van der Waals surface area contributed by atoms with E-state index in [0.29, 0.717) is 5.92 Å². The van der Waals surface area contributed by atoms with Gasteiger partial charge in [-0.15, -0.1) is 0 Å². The van der Waals surface area contributed by atoms with Crippen LogP contribution in [-0.4, -0.2) is 0 Å². The van der Waals surface area contributed by atoms with E-state index < -0.39 is 0 Å². The largest absolute Gasteiger partial charge is 0.0836 e. The molecule has 59 heavy (non-hydrogen) atoms. The monoisotopic (exact) mass is 770 g/mol. The van der Waals surface area contributed by atoms with E-state index in [2.05, 4.69) is 230 Å². The van der Waals surface area contributed by atoms with Crippen LogP contribution in [0.15, 0.2) is 188 Å². The third-order valence-electron chi connectivity index (χ3n) is 11.6. The van der Waals surface area contributed by atoms with Gasteiger partial charge in [-0.1, -0.05) is 226 Å². The second kappa shape index (κ2) is 21.1. The Morgan fingerprint density at radius 2 is 0.932 bits per heavy atom. The zero-order valence-electron chi connectivity index (χ0n) is 36.4. The molecular weight excluding hydrogens is 709 g/mol. The van der Waals surface area contributed by atoms with Gasteiger partial charge >= 0.3 is 0 Å². The lowest BCUT2D eigenvalue weighted by molar-refractivity contribution is 0.735. The van der Waals surface area contributed by atoms with Crippen LogP contribution in [0.25, 0.3) is 50.1 Å². The van der Waals surface area contributed by atoms with Gasteiger partial charge in [-0.3, -0.25) is 0 Å². The number of hydrogen-bond donors (Lipinski definition) is 0. The third-order valence-corrected chi connectivity index (χ3v) is 11.6. The molecule has 7 aromatic rings. The molecule has 7 aromatic carbocycles. The Hall–Kier alpha value is -5.98. The molecule has 298 valence electrons. The highest BCUT2D eigenvalue weighted by Gasteiger charge is 2.14. The quantitative estimate of drug-likeness (QED) is 0.137. The predicted octanol–water partition coefficient (Wildman–Crippen LogP) is 17.4. The fourth-order valence-electron chi connectivity index (χ4n) is 8.19. The lowest BCUT2D eigenvalue weighted by atomic mass is 9.88. The Kier molecular flexibility index (Phi) is 15.3. The van der Waals surface area contributed by atoms with Crippen LogP contribution in [-0.2, 0) is 0 Å². The van der Waals surface area contributed by atoms with Gasteiger partial charge in [-0.25, -0.2) is 0 Å². The molecule has 0 aliphatic heterocycles. The molecule has 0 saturated heterocycles. The number of allylic oxidation sites excluding steroid dienone is 4. The van der Waals surface area contributed by atoms with E-state index in [4.69, 9.17) is 0 Å². The molecule has 0 spiro atoms. The maximum absolute atomic E-state index is 2.32. The van der Waals surface area contributed by atoms with Gasteiger partial charge in [0.05, 0.1) is 0 Å². The van der Waals surface area contributed by atoms with E-state index in [0.717, 1.165) is 0 Å². The van der Waals surface area contributed by atoms with Crippen LogP contribution < -0.4 is 0 Å². The van der Waals surface area contributed by atoms with E-state index in [1.165, 1.54) is 116 Å².